The average Bonchev–Trinajstić information content (AvgIpc) is 2.39. The molecule has 0 fully saturated rings. The molecule has 0 saturated heterocycles. The molecule has 4 heteroatoms. The van der Waals surface area contributed by atoms with E-state index in [1.165, 1.54) is 0 Å². The number of nitrogens with two attached hydrogens (primary N) is 1. The van der Waals surface area contributed by atoms with E-state index in [0.29, 0.717) is 6.54 Å². The van der Waals surface area contributed by atoms with E-state index in [4.69, 9.17) is 10.8 Å². The van der Waals surface area contributed by atoms with Gasteiger partial charge in [0.2, 0.25) is 0 Å². The van der Waals surface area contributed by atoms with Crippen molar-refractivity contribution < 1.29 is 5.11 Å². The zero-order valence-corrected chi connectivity index (χ0v) is 6.57. The van der Waals surface area contributed by atoms with Gasteiger partial charge in [-0.2, -0.15) is 0 Å². The number of hydrogen-bond acceptors (Lipinski definition) is 3. The molecule has 3 N–H and O–H groups in total. The lowest BCUT2D eigenvalue weighted by Crippen LogP contribution is -2.44. The van der Waals surface area contributed by atoms with E-state index in [1.54, 1.807) is 19.4 Å². The van der Waals surface area contributed by atoms with E-state index in [1.807, 2.05) is 10.8 Å². The molecule has 1 aromatic rings. The molecule has 0 aliphatic carbocycles. The largest absolute Gasteiger partial charge is 0.394 e. The van der Waals surface area contributed by atoms with Gasteiger partial charge in [0, 0.05) is 18.9 Å². The lowest BCUT2D eigenvalue weighted by Gasteiger charge is -2.21. The molecule has 1 atom stereocenters. The van der Waals surface area contributed by atoms with Crippen molar-refractivity contribution >= 4 is 0 Å². The molecule has 0 radical (unpaired) electrons. The number of aromatic nitrogens is 2. The van der Waals surface area contributed by atoms with Crippen molar-refractivity contribution in [3.63, 3.8) is 0 Å². The molecular weight excluding hydrogens is 142 g/mol. The van der Waals surface area contributed by atoms with Crippen molar-refractivity contribution in [3.8, 4) is 0 Å². The fourth-order valence-electron chi connectivity index (χ4n) is 0.847. The minimum absolute atomic E-state index is 0.0226. The molecule has 62 valence electrons. The standard InChI is InChI=1S/C7H13N3O/c1-7(8,5-11)4-10-3-2-9-6-10/h2-3,6,11H,4-5,8H2,1H3/t7-/m1/s1. The summed E-state index contributed by atoms with van der Waals surface area (Å²) in [7, 11) is 0. The smallest absolute Gasteiger partial charge is 0.0946 e. The highest BCUT2D eigenvalue weighted by atomic mass is 16.3. The summed E-state index contributed by atoms with van der Waals surface area (Å²) in [5, 5.41) is 8.83. The first-order valence-corrected chi connectivity index (χ1v) is 3.49. The molecule has 0 spiro atoms. The normalized spacial score (nSPS) is 16.3. The topological polar surface area (TPSA) is 64.1 Å². The van der Waals surface area contributed by atoms with Gasteiger partial charge in [0.15, 0.2) is 0 Å². The summed E-state index contributed by atoms with van der Waals surface area (Å²) in [5.41, 5.74) is 5.15. The fourth-order valence-corrected chi connectivity index (χ4v) is 0.847. The van der Waals surface area contributed by atoms with E-state index in [0.717, 1.165) is 0 Å². The number of hydrogen-bond donors (Lipinski definition) is 2. The van der Waals surface area contributed by atoms with Gasteiger partial charge in [-0.05, 0) is 6.92 Å². The van der Waals surface area contributed by atoms with Gasteiger partial charge in [0.1, 0.15) is 0 Å². The minimum atomic E-state index is -0.555. The Morgan fingerprint density at radius 2 is 2.45 bits per heavy atom. The third-order valence-electron chi connectivity index (χ3n) is 1.46. The summed E-state index contributed by atoms with van der Waals surface area (Å²) >= 11 is 0. The molecule has 0 aliphatic heterocycles. The second-order valence-electron chi connectivity index (χ2n) is 3.05. The van der Waals surface area contributed by atoms with Crippen LogP contribution in [0.1, 0.15) is 6.92 Å². The van der Waals surface area contributed by atoms with Gasteiger partial charge >= 0.3 is 0 Å². The second kappa shape index (κ2) is 3.02. The van der Waals surface area contributed by atoms with Crippen molar-refractivity contribution in [1.29, 1.82) is 0 Å². The highest BCUT2D eigenvalue weighted by Gasteiger charge is 2.16. The van der Waals surface area contributed by atoms with Gasteiger partial charge in [-0.25, -0.2) is 4.98 Å². The van der Waals surface area contributed by atoms with Crippen LogP contribution in [0.5, 0.6) is 0 Å². The van der Waals surface area contributed by atoms with Crippen molar-refractivity contribution in [3.05, 3.63) is 18.7 Å². The number of imidazole rings is 1. The quantitative estimate of drug-likeness (QED) is 0.624. The Hall–Kier alpha value is -0.870. The molecule has 4 nitrogen and oxygen atoms in total. The van der Waals surface area contributed by atoms with Crippen molar-refractivity contribution in [2.24, 2.45) is 5.73 Å². The fraction of sp³-hybridized carbons (Fsp3) is 0.571. The van der Waals surface area contributed by atoms with E-state index in [-0.39, 0.29) is 6.61 Å². The Morgan fingerprint density at radius 1 is 1.73 bits per heavy atom. The lowest BCUT2D eigenvalue weighted by molar-refractivity contribution is 0.192. The van der Waals surface area contributed by atoms with Gasteiger partial charge in [-0.3, -0.25) is 0 Å². The summed E-state index contributed by atoms with van der Waals surface area (Å²) in [4.78, 5) is 3.87. The molecule has 11 heavy (non-hydrogen) atoms. The van der Waals surface area contributed by atoms with Gasteiger partial charge in [-0.15, -0.1) is 0 Å². The van der Waals surface area contributed by atoms with Gasteiger partial charge in [0.25, 0.3) is 0 Å². The monoisotopic (exact) mass is 155 g/mol. The first-order valence-electron chi connectivity index (χ1n) is 3.49. The van der Waals surface area contributed by atoms with Gasteiger partial charge in [0.05, 0.1) is 18.5 Å². The lowest BCUT2D eigenvalue weighted by atomic mass is 10.1. The van der Waals surface area contributed by atoms with Crippen molar-refractivity contribution in [1.82, 2.24) is 9.55 Å². The SMILES string of the molecule is C[C@](N)(CO)Cn1ccnc1. The molecular formula is C7H13N3O. The molecule has 0 amide bonds. The highest BCUT2D eigenvalue weighted by molar-refractivity contribution is 4.83. The summed E-state index contributed by atoms with van der Waals surface area (Å²) < 4.78 is 1.84. The molecule has 0 saturated carbocycles. The van der Waals surface area contributed by atoms with Crippen molar-refractivity contribution in [2.45, 2.75) is 19.0 Å². The van der Waals surface area contributed by atoms with Gasteiger partial charge < -0.3 is 15.4 Å². The molecule has 0 unspecified atom stereocenters. The second-order valence-corrected chi connectivity index (χ2v) is 3.05. The predicted octanol–water partition coefficient (Wildman–Crippen LogP) is -0.407. The van der Waals surface area contributed by atoms with Crippen LogP contribution in [0.4, 0.5) is 0 Å². The van der Waals surface area contributed by atoms with Crippen LogP contribution in [0.2, 0.25) is 0 Å². The summed E-state index contributed by atoms with van der Waals surface area (Å²) in [6.45, 7) is 2.36. The molecule has 0 aromatic carbocycles. The number of rotatable bonds is 3. The van der Waals surface area contributed by atoms with E-state index in [2.05, 4.69) is 4.98 Å². The first kappa shape index (κ1) is 8.23. The Kier molecular flexibility index (Phi) is 2.26. The van der Waals surface area contributed by atoms with Gasteiger partial charge in [-0.1, -0.05) is 0 Å². The molecule has 1 aromatic heterocycles. The summed E-state index contributed by atoms with van der Waals surface area (Å²) in [6, 6.07) is 0. The maximum atomic E-state index is 8.83. The Bertz CT molecular complexity index is 205. The summed E-state index contributed by atoms with van der Waals surface area (Å²) in [6.07, 6.45) is 5.19. The molecule has 0 aliphatic rings. The van der Waals surface area contributed by atoms with Crippen LogP contribution in [-0.4, -0.2) is 26.8 Å². The maximum Gasteiger partial charge on any atom is 0.0946 e. The molecule has 1 rings (SSSR count). The molecule has 1 heterocycles. The zero-order chi connectivity index (χ0) is 8.32. The van der Waals surface area contributed by atoms with Crippen LogP contribution in [0.15, 0.2) is 18.7 Å². The highest BCUT2D eigenvalue weighted by Crippen LogP contribution is 2.01. The zero-order valence-electron chi connectivity index (χ0n) is 6.57. The van der Waals surface area contributed by atoms with Crippen LogP contribution >= 0.6 is 0 Å². The number of nitrogens with zero attached hydrogens (tertiary/aromatic N) is 2. The van der Waals surface area contributed by atoms with Crippen LogP contribution in [0, 0.1) is 0 Å². The third-order valence-corrected chi connectivity index (χ3v) is 1.46. The third kappa shape index (κ3) is 2.32. The van der Waals surface area contributed by atoms with E-state index < -0.39 is 5.54 Å². The van der Waals surface area contributed by atoms with Crippen molar-refractivity contribution in [2.75, 3.05) is 6.61 Å². The summed E-state index contributed by atoms with van der Waals surface area (Å²) in [5.74, 6) is 0. The van der Waals surface area contributed by atoms with Crippen LogP contribution in [-0.2, 0) is 6.54 Å². The van der Waals surface area contributed by atoms with Crippen LogP contribution in [0.3, 0.4) is 0 Å². The maximum absolute atomic E-state index is 8.83. The van der Waals surface area contributed by atoms with Crippen LogP contribution in [0.25, 0.3) is 0 Å². The number of aliphatic hydroxyl groups excluding tert-OH is 1. The first-order chi connectivity index (χ1) is 5.14. The molecule has 0 bridgehead atoms. The predicted molar refractivity (Wildman–Crippen MR) is 41.9 cm³/mol. The Labute approximate surface area is 65.7 Å². The average molecular weight is 155 g/mol. The van der Waals surface area contributed by atoms with E-state index >= 15 is 0 Å². The Morgan fingerprint density at radius 3 is 2.91 bits per heavy atom. The number of aliphatic hydroxyl groups is 1. The minimum Gasteiger partial charge on any atom is -0.394 e. The van der Waals surface area contributed by atoms with E-state index in [9.17, 15) is 0 Å². The van der Waals surface area contributed by atoms with Crippen LogP contribution < -0.4 is 5.73 Å². The Balaban J connectivity index is 2.56.